The monoisotopic (exact) mass is 800 g/mol. The molecule has 0 saturated heterocycles. The van der Waals surface area contributed by atoms with E-state index in [9.17, 15) is 19.2 Å². The van der Waals surface area contributed by atoms with Gasteiger partial charge in [0.2, 0.25) is 0 Å². The van der Waals surface area contributed by atoms with Crippen LogP contribution in [0.25, 0.3) is 0 Å². The van der Waals surface area contributed by atoms with Crippen LogP contribution in [0.2, 0.25) is 0 Å². The summed E-state index contributed by atoms with van der Waals surface area (Å²) in [5, 5.41) is 9.35. The van der Waals surface area contributed by atoms with Crippen molar-refractivity contribution in [3.05, 3.63) is 91.7 Å². The standard InChI is InChI=1S/C35H37IN4O10/c1-6-47-33(42)23-10-8-21(9-11-23)18-50-32-25(36)14-22(15-28(32)46-5)17-37-40-29(41)19-49-26-13-12-24(16-27(26)45-4)31-30(34(43)48-7-2)20(3)38-35(44)39-31/h8-17,31H,6-7,18-19H2,1-5H3,(H,40,41)(H2,38,39,44)/b37-17+/t31-/m0/s1. The van der Waals surface area contributed by atoms with E-state index in [2.05, 4.69) is 43.8 Å². The number of ether oxygens (including phenoxy) is 6. The summed E-state index contributed by atoms with van der Waals surface area (Å²) in [6, 6.07) is 14.1. The molecule has 3 N–H and O–H groups in total. The van der Waals surface area contributed by atoms with Crippen molar-refractivity contribution in [1.82, 2.24) is 16.1 Å². The summed E-state index contributed by atoms with van der Waals surface area (Å²) >= 11 is 2.12. The van der Waals surface area contributed by atoms with Gasteiger partial charge in [-0.25, -0.2) is 19.8 Å². The number of nitrogens with zero attached hydrogens (tertiary/aromatic N) is 1. The lowest BCUT2D eigenvalue weighted by Crippen LogP contribution is -2.45. The van der Waals surface area contributed by atoms with E-state index in [1.165, 1.54) is 20.4 Å². The van der Waals surface area contributed by atoms with E-state index >= 15 is 0 Å². The van der Waals surface area contributed by atoms with Crippen molar-refractivity contribution >= 4 is 52.7 Å². The molecule has 0 unspecified atom stereocenters. The molecule has 0 radical (unpaired) electrons. The number of allylic oxidation sites excluding steroid dienone is 1. The molecule has 0 fully saturated rings. The molecule has 15 heteroatoms. The minimum Gasteiger partial charge on any atom is -0.493 e. The van der Waals surface area contributed by atoms with Crippen LogP contribution in [0.1, 0.15) is 53.9 Å². The van der Waals surface area contributed by atoms with Gasteiger partial charge in [0.25, 0.3) is 5.91 Å². The van der Waals surface area contributed by atoms with Gasteiger partial charge in [0.05, 0.1) is 54.4 Å². The molecule has 50 heavy (non-hydrogen) atoms. The van der Waals surface area contributed by atoms with Crippen LogP contribution in [0.15, 0.2) is 71.0 Å². The Hall–Kier alpha value is -5.32. The third-order valence-electron chi connectivity index (χ3n) is 7.15. The maximum absolute atomic E-state index is 12.6. The molecule has 0 spiro atoms. The quantitative estimate of drug-likeness (QED) is 0.0841. The minimum absolute atomic E-state index is 0.172. The van der Waals surface area contributed by atoms with Gasteiger partial charge in [0, 0.05) is 5.70 Å². The zero-order valence-electron chi connectivity index (χ0n) is 28.1. The van der Waals surface area contributed by atoms with Gasteiger partial charge >= 0.3 is 18.0 Å². The second kappa shape index (κ2) is 17.9. The number of methoxy groups -OCH3 is 2. The number of carbonyl (C=O) groups excluding carboxylic acids is 4. The number of esters is 2. The highest BCUT2D eigenvalue weighted by atomic mass is 127. The SMILES string of the molecule is CCOC(=O)C1=C(C)NC(=O)N[C@H]1c1ccc(OCC(=O)N/N=C/c2cc(I)c(OCc3ccc(C(=O)OCC)cc3)c(OC)c2)c(OC)c1. The number of rotatable bonds is 15. The number of halogens is 1. The first-order valence-corrected chi connectivity index (χ1v) is 16.5. The largest absolute Gasteiger partial charge is 0.493 e. The van der Waals surface area contributed by atoms with E-state index in [4.69, 9.17) is 28.4 Å². The Labute approximate surface area is 302 Å². The molecular weight excluding hydrogens is 763 g/mol. The summed E-state index contributed by atoms with van der Waals surface area (Å²) in [5.41, 5.74) is 5.57. The number of urea groups is 1. The summed E-state index contributed by atoms with van der Waals surface area (Å²) in [6.45, 7) is 5.41. The number of benzene rings is 3. The van der Waals surface area contributed by atoms with Crippen LogP contribution in [-0.2, 0) is 25.7 Å². The second-order valence-electron chi connectivity index (χ2n) is 10.5. The van der Waals surface area contributed by atoms with Gasteiger partial charge < -0.3 is 39.1 Å². The first kappa shape index (κ1) is 37.5. The van der Waals surface area contributed by atoms with Crippen LogP contribution in [0, 0.1) is 3.57 Å². The Kier molecular flexibility index (Phi) is 13.4. The first-order valence-electron chi connectivity index (χ1n) is 15.4. The van der Waals surface area contributed by atoms with E-state index in [0.717, 1.165) is 9.13 Å². The fourth-order valence-electron chi connectivity index (χ4n) is 4.82. The third-order valence-corrected chi connectivity index (χ3v) is 7.95. The fourth-order valence-corrected chi connectivity index (χ4v) is 5.60. The molecule has 264 valence electrons. The molecule has 14 nitrogen and oxygen atoms in total. The van der Waals surface area contributed by atoms with Crippen LogP contribution in [-0.4, -0.2) is 64.1 Å². The van der Waals surface area contributed by atoms with Crippen LogP contribution in [0.3, 0.4) is 0 Å². The number of hydrazone groups is 1. The lowest BCUT2D eigenvalue weighted by Gasteiger charge is -2.28. The number of nitrogens with one attached hydrogen (secondary N) is 3. The first-order chi connectivity index (χ1) is 24.1. The Morgan fingerprint density at radius 3 is 2.28 bits per heavy atom. The normalized spacial score (nSPS) is 14.0. The number of carbonyl (C=O) groups is 4. The predicted molar refractivity (Wildman–Crippen MR) is 190 cm³/mol. The molecule has 3 aromatic rings. The van der Waals surface area contributed by atoms with Crippen molar-refractivity contribution in [2.75, 3.05) is 34.0 Å². The Balaban J connectivity index is 1.35. The van der Waals surface area contributed by atoms with Crippen molar-refractivity contribution in [3.8, 4) is 23.0 Å². The maximum atomic E-state index is 12.6. The van der Waals surface area contributed by atoms with Crippen LogP contribution in [0.5, 0.6) is 23.0 Å². The highest BCUT2D eigenvalue weighted by Gasteiger charge is 2.32. The zero-order chi connectivity index (χ0) is 36.2. The smallest absolute Gasteiger partial charge is 0.338 e. The van der Waals surface area contributed by atoms with E-state index in [1.807, 2.05) is 6.07 Å². The average Bonchev–Trinajstić information content (AvgIpc) is 3.10. The van der Waals surface area contributed by atoms with E-state index in [1.54, 1.807) is 69.3 Å². The maximum Gasteiger partial charge on any atom is 0.338 e. The van der Waals surface area contributed by atoms with Gasteiger partial charge in [-0.3, -0.25) is 4.79 Å². The summed E-state index contributed by atoms with van der Waals surface area (Å²) in [6.07, 6.45) is 1.46. The molecule has 0 aliphatic carbocycles. The molecule has 0 bridgehead atoms. The van der Waals surface area contributed by atoms with Crippen molar-refractivity contribution in [3.63, 3.8) is 0 Å². The van der Waals surface area contributed by atoms with E-state index in [-0.39, 0.29) is 42.9 Å². The van der Waals surface area contributed by atoms with Crippen molar-refractivity contribution in [1.29, 1.82) is 0 Å². The summed E-state index contributed by atoms with van der Waals surface area (Å²) in [4.78, 5) is 49.3. The lowest BCUT2D eigenvalue weighted by atomic mass is 9.95. The van der Waals surface area contributed by atoms with Gasteiger partial charge in [-0.05, 0) is 96.5 Å². The van der Waals surface area contributed by atoms with Crippen LogP contribution < -0.4 is 35.0 Å². The molecule has 0 aromatic heterocycles. The number of hydrogen-bond donors (Lipinski definition) is 3. The highest BCUT2D eigenvalue weighted by Crippen LogP contribution is 2.35. The van der Waals surface area contributed by atoms with Gasteiger partial charge in [-0.1, -0.05) is 18.2 Å². The predicted octanol–water partition coefficient (Wildman–Crippen LogP) is 4.78. The van der Waals surface area contributed by atoms with Crippen LogP contribution in [0.4, 0.5) is 4.79 Å². The Morgan fingerprint density at radius 1 is 0.900 bits per heavy atom. The molecule has 3 aromatic carbocycles. The molecule has 1 atom stereocenters. The van der Waals surface area contributed by atoms with Crippen molar-refractivity contribution in [2.45, 2.75) is 33.4 Å². The molecule has 3 amide bonds. The Morgan fingerprint density at radius 2 is 1.60 bits per heavy atom. The number of amides is 3. The number of hydrogen-bond acceptors (Lipinski definition) is 11. The summed E-state index contributed by atoms with van der Waals surface area (Å²) in [5.74, 6) is 0.0709. The van der Waals surface area contributed by atoms with Gasteiger partial charge in [-0.15, -0.1) is 0 Å². The average molecular weight is 801 g/mol. The lowest BCUT2D eigenvalue weighted by molar-refractivity contribution is -0.139. The van der Waals surface area contributed by atoms with Crippen molar-refractivity contribution in [2.24, 2.45) is 5.10 Å². The fraction of sp³-hybridized carbons (Fsp3) is 0.286. The van der Waals surface area contributed by atoms with Crippen LogP contribution >= 0.6 is 22.6 Å². The molecule has 0 saturated carbocycles. The second-order valence-corrected chi connectivity index (χ2v) is 11.7. The minimum atomic E-state index is -0.790. The van der Waals surface area contributed by atoms with Gasteiger partial charge in [0.1, 0.15) is 6.61 Å². The van der Waals surface area contributed by atoms with Gasteiger partial charge in [0.15, 0.2) is 29.6 Å². The molecule has 1 aliphatic rings. The van der Waals surface area contributed by atoms with Crippen molar-refractivity contribution < 1.29 is 47.6 Å². The third kappa shape index (κ3) is 9.64. The van der Waals surface area contributed by atoms with E-state index in [0.29, 0.717) is 40.5 Å². The highest BCUT2D eigenvalue weighted by molar-refractivity contribution is 14.1. The molecule has 1 heterocycles. The Bertz CT molecular complexity index is 1790. The summed E-state index contributed by atoms with van der Waals surface area (Å²) < 4.78 is 33.7. The topological polar surface area (TPSA) is 172 Å². The zero-order valence-corrected chi connectivity index (χ0v) is 30.2. The van der Waals surface area contributed by atoms with Gasteiger partial charge in [-0.2, -0.15) is 5.10 Å². The molecule has 1 aliphatic heterocycles. The molecule has 4 rings (SSSR count). The van der Waals surface area contributed by atoms with E-state index < -0.39 is 23.9 Å². The molecular formula is C35H37IN4O10. The summed E-state index contributed by atoms with van der Waals surface area (Å²) in [7, 11) is 2.95.